The number of pyridine rings is 1. The van der Waals surface area contributed by atoms with Crippen molar-refractivity contribution >= 4 is 34.1 Å². The fourth-order valence-corrected chi connectivity index (χ4v) is 4.23. The largest absolute Gasteiger partial charge is 0.490 e. The zero-order valence-corrected chi connectivity index (χ0v) is 19.0. The van der Waals surface area contributed by atoms with Gasteiger partial charge < -0.3 is 9.47 Å². The van der Waals surface area contributed by atoms with Crippen molar-refractivity contribution in [3.8, 4) is 22.6 Å². The Bertz CT molecular complexity index is 1680. The first-order valence-corrected chi connectivity index (χ1v) is 11.3. The number of rotatable bonds is 3. The highest BCUT2D eigenvalue weighted by Crippen LogP contribution is 2.30. The van der Waals surface area contributed by atoms with E-state index in [0.717, 1.165) is 22.2 Å². The number of ether oxygens (including phenoxy) is 2. The molecular weight excluding hydrogens is 470 g/mol. The molecule has 6 rings (SSSR count). The maximum Gasteiger partial charge on any atom is 0.280 e. The molecule has 174 valence electrons. The van der Waals surface area contributed by atoms with Crippen molar-refractivity contribution < 1.29 is 14.3 Å². The van der Waals surface area contributed by atoms with Crippen LogP contribution in [0, 0.1) is 0 Å². The van der Waals surface area contributed by atoms with Crippen molar-refractivity contribution in [1.82, 2.24) is 19.3 Å². The molecule has 0 bridgehead atoms. The van der Waals surface area contributed by atoms with Crippen LogP contribution in [0.25, 0.3) is 27.7 Å². The molecule has 3 aromatic heterocycles. The zero-order chi connectivity index (χ0) is 23.9. The lowest BCUT2D eigenvalue weighted by molar-refractivity contribution is 0.101. The SMILES string of the molecule is O=C(Nn1ccc2c(cnc3c(-c4cccc(Cl)c4)cnn32)c1=O)c1ccc2c(c1)OCCCO2. The standard InChI is InChI=1S/C25H18ClN5O4/c26-17-4-1-3-15(11-17)18-14-28-31-20-7-8-30(25(33)19(20)13-27-23(18)31)29-24(32)16-5-6-21-22(12-16)35-10-2-9-34-21/h1,3-8,11-14H,2,9-10H2,(H,29,32). The average Bonchev–Trinajstić information content (AvgIpc) is 3.16. The highest BCUT2D eigenvalue weighted by atomic mass is 35.5. The number of carbonyl (C=O) groups excluding carboxylic acids is 1. The van der Waals surface area contributed by atoms with Gasteiger partial charge in [0.2, 0.25) is 0 Å². The summed E-state index contributed by atoms with van der Waals surface area (Å²) in [6.07, 6.45) is 5.43. The second-order valence-corrected chi connectivity index (χ2v) is 8.44. The number of nitrogens with zero attached hydrogens (tertiary/aromatic N) is 4. The zero-order valence-electron chi connectivity index (χ0n) is 18.3. The fourth-order valence-electron chi connectivity index (χ4n) is 4.04. The van der Waals surface area contributed by atoms with E-state index in [2.05, 4.69) is 15.5 Å². The molecule has 0 aliphatic carbocycles. The van der Waals surface area contributed by atoms with Crippen molar-refractivity contribution in [2.24, 2.45) is 0 Å². The molecule has 1 aliphatic heterocycles. The fraction of sp³-hybridized carbons (Fsp3) is 0.120. The van der Waals surface area contributed by atoms with Gasteiger partial charge in [0.15, 0.2) is 17.1 Å². The molecule has 0 spiro atoms. The topological polar surface area (TPSA) is 99.8 Å². The number of hydrogen-bond acceptors (Lipinski definition) is 6. The third kappa shape index (κ3) is 3.75. The van der Waals surface area contributed by atoms with Crippen LogP contribution < -0.4 is 20.5 Å². The Morgan fingerprint density at radius 2 is 1.89 bits per heavy atom. The molecule has 0 fully saturated rings. The van der Waals surface area contributed by atoms with Crippen molar-refractivity contribution in [3.05, 3.63) is 88.1 Å². The lowest BCUT2D eigenvalue weighted by Gasteiger charge is -2.12. The summed E-state index contributed by atoms with van der Waals surface area (Å²) < 4.78 is 14.0. The molecule has 2 aromatic carbocycles. The summed E-state index contributed by atoms with van der Waals surface area (Å²) in [4.78, 5) is 30.5. The van der Waals surface area contributed by atoms with Crippen LogP contribution in [0.3, 0.4) is 0 Å². The van der Waals surface area contributed by atoms with Gasteiger partial charge in [-0.3, -0.25) is 15.0 Å². The van der Waals surface area contributed by atoms with E-state index < -0.39 is 11.5 Å². The van der Waals surface area contributed by atoms with Crippen LogP contribution in [-0.2, 0) is 0 Å². The first-order valence-electron chi connectivity index (χ1n) is 10.9. The normalized spacial score (nSPS) is 13.1. The van der Waals surface area contributed by atoms with E-state index in [1.807, 2.05) is 18.2 Å². The Balaban J connectivity index is 1.34. The number of fused-ring (bicyclic) bond motifs is 4. The minimum absolute atomic E-state index is 0.305. The van der Waals surface area contributed by atoms with E-state index in [4.69, 9.17) is 21.1 Å². The molecule has 5 aromatic rings. The summed E-state index contributed by atoms with van der Waals surface area (Å²) in [6.45, 7) is 1.07. The van der Waals surface area contributed by atoms with Gasteiger partial charge in [-0.2, -0.15) is 5.10 Å². The lowest BCUT2D eigenvalue weighted by Crippen LogP contribution is -2.33. The van der Waals surface area contributed by atoms with E-state index in [0.29, 0.717) is 51.8 Å². The van der Waals surface area contributed by atoms with E-state index in [1.165, 1.54) is 12.4 Å². The van der Waals surface area contributed by atoms with E-state index >= 15 is 0 Å². The van der Waals surface area contributed by atoms with Gasteiger partial charge in [-0.15, -0.1) is 0 Å². The van der Waals surface area contributed by atoms with Gasteiger partial charge in [-0.05, 0) is 42.0 Å². The predicted molar refractivity (Wildman–Crippen MR) is 131 cm³/mol. The second kappa shape index (κ2) is 8.44. The smallest absolute Gasteiger partial charge is 0.280 e. The molecule has 1 N–H and O–H groups in total. The maximum absolute atomic E-state index is 13.1. The summed E-state index contributed by atoms with van der Waals surface area (Å²) in [5, 5.41) is 5.34. The number of benzene rings is 2. The summed E-state index contributed by atoms with van der Waals surface area (Å²) >= 11 is 6.13. The lowest BCUT2D eigenvalue weighted by atomic mass is 10.1. The van der Waals surface area contributed by atoms with Crippen molar-refractivity contribution in [2.45, 2.75) is 6.42 Å². The number of carbonyl (C=O) groups is 1. The molecule has 0 radical (unpaired) electrons. The van der Waals surface area contributed by atoms with Crippen LogP contribution in [0.5, 0.6) is 11.5 Å². The number of amides is 1. The molecule has 0 saturated carbocycles. The van der Waals surface area contributed by atoms with Crippen molar-refractivity contribution in [1.29, 1.82) is 0 Å². The quantitative estimate of drug-likeness (QED) is 0.414. The molecular formula is C25H18ClN5O4. The Kier molecular flexibility index (Phi) is 5.11. The monoisotopic (exact) mass is 487 g/mol. The van der Waals surface area contributed by atoms with Crippen LogP contribution >= 0.6 is 11.6 Å². The summed E-state index contributed by atoms with van der Waals surface area (Å²) in [7, 11) is 0. The minimum atomic E-state index is -0.460. The van der Waals surface area contributed by atoms with Gasteiger partial charge in [0.05, 0.1) is 30.3 Å². The van der Waals surface area contributed by atoms with E-state index in [-0.39, 0.29) is 0 Å². The molecule has 0 unspecified atom stereocenters. The van der Waals surface area contributed by atoms with Crippen LogP contribution in [0.15, 0.2) is 71.9 Å². The van der Waals surface area contributed by atoms with E-state index in [9.17, 15) is 9.59 Å². The van der Waals surface area contributed by atoms with Crippen LogP contribution in [0.2, 0.25) is 5.02 Å². The van der Waals surface area contributed by atoms with Gasteiger partial charge in [0.1, 0.15) is 0 Å². The third-order valence-electron chi connectivity index (χ3n) is 5.76. The Hall–Kier alpha value is -4.37. The third-order valence-corrected chi connectivity index (χ3v) is 6.00. The van der Waals surface area contributed by atoms with Crippen molar-refractivity contribution in [3.63, 3.8) is 0 Å². The summed E-state index contributed by atoms with van der Waals surface area (Å²) in [5.74, 6) is 0.633. The number of halogens is 1. The molecule has 4 heterocycles. The van der Waals surface area contributed by atoms with Crippen LogP contribution in [0.1, 0.15) is 16.8 Å². The summed E-state index contributed by atoms with van der Waals surface area (Å²) in [6, 6.07) is 14.0. The molecule has 35 heavy (non-hydrogen) atoms. The molecule has 1 amide bonds. The molecule has 0 atom stereocenters. The first-order chi connectivity index (χ1) is 17.1. The van der Waals surface area contributed by atoms with Gasteiger partial charge in [0.25, 0.3) is 11.5 Å². The van der Waals surface area contributed by atoms with Crippen LogP contribution in [-0.4, -0.2) is 38.4 Å². The molecule has 9 nitrogen and oxygen atoms in total. The maximum atomic E-state index is 13.1. The van der Waals surface area contributed by atoms with Gasteiger partial charge in [-0.25, -0.2) is 14.2 Å². The Morgan fingerprint density at radius 1 is 1.03 bits per heavy atom. The number of aromatic nitrogens is 4. The highest BCUT2D eigenvalue weighted by Gasteiger charge is 2.17. The Morgan fingerprint density at radius 3 is 2.74 bits per heavy atom. The van der Waals surface area contributed by atoms with Gasteiger partial charge in [0, 0.05) is 35.0 Å². The minimum Gasteiger partial charge on any atom is -0.490 e. The number of nitrogens with one attached hydrogen (secondary N) is 1. The molecule has 10 heteroatoms. The molecule has 1 aliphatic rings. The van der Waals surface area contributed by atoms with Gasteiger partial charge >= 0.3 is 0 Å². The van der Waals surface area contributed by atoms with E-state index in [1.54, 1.807) is 41.0 Å². The Labute approximate surface area is 203 Å². The van der Waals surface area contributed by atoms with Crippen molar-refractivity contribution in [2.75, 3.05) is 18.6 Å². The van der Waals surface area contributed by atoms with Crippen LogP contribution in [0.4, 0.5) is 0 Å². The first kappa shape index (κ1) is 21.2. The molecule has 0 saturated heterocycles. The second-order valence-electron chi connectivity index (χ2n) is 8.00. The average molecular weight is 488 g/mol. The predicted octanol–water partition coefficient (Wildman–Crippen LogP) is 3.91. The summed E-state index contributed by atoms with van der Waals surface area (Å²) in [5.41, 5.74) is 5.35. The number of hydrogen-bond donors (Lipinski definition) is 1. The van der Waals surface area contributed by atoms with Gasteiger partial charge in [-0.1, -0.05) is 23.7 Å². The highest BCUT2D eigenvalue weighted by molar-refractivity contribution is 6.30.